The molecule has 0 radical (unpaired) electrons. The molecule has 1 saturated heterocycles. The summed E-state index contributed by atoms with van der Waals surface area (Å²) in [6, 6.07) is 3.37. The SMILES string of the molecule is O=C(OC[C@H]1CO1)c1cccnc1. The summed E-state index contributed by atoms with van der Waals surface area (Å²) >= 11 is 0. The third-order valence-electron chi connectivity index (χ3n) is 1.70. The molecule has 0 spiro atoms. The molecule has 4 nitrogen and oxygen atoms in total. The van der Waals surface area contributed by atoms with Gasteiger partial charge in [-0.3, -0.25) is 4.98 Å². The van der Waals surface area contributed by atoms with Gasteiger partial charge in [0.1, 0.15) is 12.7 Å². The van der Waals surface area contributed by atoms with E-state index in [-0.39, 0.29) is 12.1 Å². The number of esters is 1. The number of epoxide rings is 1. The van der Waals surface area contributed by atoms with Gasteiger partial charge in [0.15, 0.2) is 0 Å². The quantitative estimate of drug-likeness (QED) is 0.504. The molecule has 1 aromatic heterocycles. The van der Waals surface area contributed by atoms with Gasteiger partial charge < -0.3 is 9.47 Å². The lowest BCUT2D eigenvalue weighted by atomic mass is 10.3. The summed E-state index contributed by atoms with van der Waals surface area (Å²) in [7, 11) is 0. The average Bonchev–Trinajstić information content (AvgIpc) is 2.99. The maximum Gasteiger partial charge on any atom is 0.339 e. The van der Waals surface area contributed by atoms with Crippen LogP contribution >= 0.6 is 0 Å². The van der Waals surface area contributed by atoms with E-state index in [0.717, 1.165) is 0 Å². The van der Waals surface area contributed by atoms with Gasteiger partial charge in [-0.1, -0.05) is 0 Å². The highest BCUT2D eigenvalue weighted by Crippen LogP contribution is 2.09. The van der Waals surface area contributed by atoms with Crippen molar-refractivity contribution in [1.29, 1.82) is 0 Å². The number of rotatable bonds is 3. The van der Waals surface area contributed by atoms with Gasteiger partial charge in [0.05, 0.1) is 12.2 Å². The van der Waals surface area contributed by atoms with Gasteiger partial charge in [0, 0.05) is 12.4 Å². The van der Waals surface area contributed by atoms with Gasteiger partial charge >= 0.3 is 5.97 Å². The van der Waals surface area contributed by atoms with Crippen molar-refractivity contribution in [2.45, 2.75) is 6.10 Å². The fraction of sp³-hybridized carbons (Fsp3) is 0.333. The predicted octanol–water partition coefficient (Wildman–Crippen LogP) is 0.637. The van der Waals surface area contributed by atoms with Gasteiger partial charge in [0.2, 0.25) is 0 Å². The van der Waals surface area contributed by atoms with Gasteiger partial charge in [-0.15, -0.1) is 0 Å². The number of pyridine rings is 1. The lowest BCUT2D eigenvalue weighted by Gasteiger charge is -2.00. The van der Waals surface area contributed by atoms with Crippen molar-refractivity contribution in [3.8, 4) is 0 Å². The summed E-state index contributed by atoms with van der Waals surface area (Å²) in [6.07, 6.45) is 3.21. The van der Waals surface area contributed by atoms with E-state index in [9.17, 15) is 4.79 Å². The molecule has 0 unspecified atom stereocenters. The van der Waals surface area contributed by atoms with Crippen LogP contribution in [-0.2, 0) is 9.47 Å². The molecule has 0 aromatic carbocycles. The summed E-state index contributed by atoms with van der Waals surface area (Å²) in [4.78, 5) is 15.1. The Morgan fingerprint density at radius 1 is 1.77 bits per heavy atom. The second-order valence-corrected chi connectivity index (χ2v) is 2.80. The van der Waals surface area contributed by atoms with E-state index < -0.39 is 0 Å². The number of hydrogen-bond acceptors (Lipinski definition) is 4. The summed E-state index contributed by atoms with van der Waals surface area (Å²) in [5.41, 5.74) is 0.475. The molecule has 0 amide bonds. The molecule has 13 heavy (non-hydrogen) atoms. The molecule has 1 atom stereocenters. The van der Waals surface area contributed by atoms with E-state index in [4.69, 9.17) is 9.47 Å². The molecule has 0 saturated carbocycles. The first-order valence-electron chi connectivity index (χ1n) is 4.05. The average molecular weight is 179 g/mol. The maximum absolute atomic E-state index is 11.3. The highest BCUT2D eigenvalue weighted by atomic mass is 16.6. The molecule has 1 fully saturated rings. The Morgan fingerprint density at radius 2 is 2.62 bits per heavy atom. The number of hydrogen-bond donors (Lipinski definition) is 0. The maximum atomic E-state index is 11.3. The van der Waals surface area contributed by atoms with Crippen molar-refractivity contribution < 1.29 is 14.3 Å². The lowest BCUT2D eigenvalue weighted by molar-refractivity contribution is 0.0476. The third kappa shape index (κ3) is 2.26. The largest absolute Gasteiger partial charge is 0.459 e. The Kier molecular flexibility index (Phi) is 2.23. The Labute approximate surface area is 75.5 Å². The topological polar surface area (TPSA) is 51.7 Å². The van der Waals surface area contributed by atoms with Crippen LogP contribution < -0.4 is 0 Å². The number of nitrogens with zero attached hydrogens (tertiary/aromatic N) is 1. The Bertz CT molecular complexity index is 295. The van der Waals surface area contributed by atoms with Crippen LogP contribution in [0.1, 0.15) is 10.4 Å². The zero-order valence-electron chi connectivity index (χ0n) is 6.97. The van der Waals surface area contributed by atoms with Crippen molar-refractivity contribution in [2.75, 3.05) is 13.2 Å². The molecule has 4 heteroatoms. The van der Waals surface area contributed by atoms with Crippen LogP contribution in [0.5, 0.6) is 0 Å². The minimum atomic E-state index is -0.344. The number of aromatic nitrogens is 1. The standard InChI is InChI=1S/C9H9NO3/c11-9(13-6-8-5-12-8)7-2-1-3-10-4-7/h1-4,8H,5-6H2/t8-/m1/s1. The molecule has 0 bridgehead atoms. The highest BCUT2D eigenvalue weighted by Gasteiger charge is 2.24. The van der Waals surface area contributed by atoms with Crippen LogP contribution in [0.2, 0.25) is 0 Å². The minimum Gasteiger partial charge on any atom is -0.459 e. The van der Waals surface area contributed by atoms with Crippen molar-refractivity contribution in [1.82, 2.24) is 4.98 Å². The molecule has 68 valence electrons. The first kappa shape index (κ1) is 8.19. The Morgan fingerprint density at radius 3 is 3.23 bits per heavy atom. The molecule has 0 N–H and O–H groups in total. The van der Waals surface area contributed by atoms with Gasteiger partial charge in [-0.05, 0) is 12.1 Å². The molecule has 0 aliphatic carbocycles. The van der Waals surface area contributed by atoms with Gasteiger partial charge in [-0.2, -0.15) is 0 Å². The monoisotopic (exact) mass is 179 g/mol. The molecule has 2 heterocycles. The van der Waals surface area contributed by atoms with Crippen molar-refractivity contribution >= 4 is 5.97 Å². The van der Waals surface area contributed by atoms with Crippen LogP contribution in [0.3, 0.4) is 0 Å². The summed E-state index contributed by atoms with van der Waals surface area (Å²) in [5.74, 6) is -0.344. The van der Waals surface area contributed by atoms with Gasteiger partial charge in [0.25, 0.3) is 0 Å². The van der Waals surface area contributed by atoms with Gasteiger partial charge in [-0.25, -0.2) is 4.79 Å². The smallest absolute Gasteiger partial charge is 0.339 e. The first-order valence-corrected chi connectivity index (χ1v) is 4.05. The fourth-order valence-corrected chi connectivity index (χ4v) is 0.900. The molecule has 1 aromatic rings. The summed E-state index contributed by atoms with van der Waals surface area (Å²) in [6.45, 7) is 1.04. The fourth-order valence-electron chi connectivity index (χ4n) is 0.900. The van der Waals surface area contributed by atoms with E-state index in [1.807, 2.05) is 0 Å². The molecular weight excluding hydrogens is 170 g/mol. The number of carbonyl (C=O) groups excluding carboxylic acids is 1. The lowest BCUT2D eigenvalue weighted by Crippen LogP contribution is -2.09. The number of carbonyl (C=O) groups is 1. The highest BCUT2D eigenvalue weighted by molar-refractivity contribution is 5.88. The van der Waals surface area contributed by atoms with Crippen LogP contribution in [0, 0.1) is 0 Å². The summed E-state index contributed by atoms with van der Waals surface area (Å²) in [5, 5.41) is 0. The zero-order chi connectivity index (χ0) is 9.10. The normalized spacial score (nSPS) is 19.5. The first-order chi connectivity index (χ1) is 6.36. The predicted molar refractivity (Wildman–Crippen MR) is 44.3 cm³/mol. The van der Waals surface area contributed by atoms with Crippen LogP contribution in [0.4, 0.5) is 0 Å². The van der Waals surface area contributed by atoms with E-state index in [2.05, 4.69) is 4.98 Å². The van der Waals surface area contributed by atoms with Crippen molar-refractivity contribution in [3.63, 3.8) is 0 Å². The van der Waals surface area contributed by atoms with E-state index in [1.54, 1.807) is 18.3 Å². The number of ether oxygens (including phenoxy) is 2. The van der Waals surface area contributed by atoms with Crippen molar-refractivity contribution in [2.24, 2.45) is 0 Å². The third-order valence-corrected chi connectivity index (χ3v) is 1.70. The van der Waals surface area contributed by atoms with Crippen LogP contribution in [0.15, 0.2) is 24.5 Å². The van der Waals surface area contributed by atoms with Crippen LogP contribution in [-0.4, -0.2) is 30.3 Å². The van der Waals surface area contributed by atoms with Crippen LogP contribution in [0.25, 0.3) is 0 Å². The van der Waals surface area contributed by atoms with E-state index in [1.165, 1.54) is 6.20 Å². The minimum absolute atomic E-state index is 0.112. The van der Waals surface area contributed by atoms with Crippen molar-refractivity contribution in [3.05, 3.63) is 30.1 Å². The van der Waals surface area contributed by atoms with E-state index >= 15 is 0 Å². The molecular formula is C9H9NO3. The second-order valence-electron chi connectivity index (χ2n) is 2.80. The Balaban J connectivity index is 1.89. The molecule has 1 aliphatic heterocycles. The summed E-state index contributed by atoms with van der Waals surface area (Å²) < 4.78 is 9.85. The second kappa shape index (κ2) is 3.53. The van der Waals surface area contributed by atoms with E-state index in [0.29, 0.717) is 18.8 Å². The molecule has 2 rings (SSSR count). The Hall–Kier alpha value is -1.42. The zero-order valence-corrected chi connectivity index (χ0v) is 6.97. The molecule has 1 aliphatic rings.